The van der Waals surface area contributed by atoms with Crippen LogP contribution in [0, 0.1) is 0 Å². The smallest absolute Gasteiger partial charge is 0.253 e. The molecular formula is C27H31N7O2S. The van der Waals surface area contributed by atoms with Gasteiger partial charge in [0.2, 0.25) is 5.91 Å². The Hall–Kier alpha value is -3.76. The summed E-state index contributed by atoms with van der Waals surface area (Å²) in [6.45, 7) is 8.83. The molecule has 5 rings (SSSR count). The van der Waals surface area contributed by atoms with E-state index in [0.29, 0.717) is 10.7 Å². The van der Waals surface area contributed by atoms with Gasteiger partial charge in [-0.05, 0) is 46.0 Å². The first kappa shape index (κ1) is 24.9. The number of carbonyl (C=O) groups excluding carboxylic acids is 2. The molecule has 1 aromatic carbocycles. The van der Waals surface area contributed by atoms with Crippen molar-refractivity contribution in [1.82, 2.24) is 29.5 Å². The van der Waals surface area contributed by atoms with Gasteiger partial charge >= 0.3 is 0 Å². The summed E-state index contributed by atoms with van der Waals surface area (Å²) in [5.41, 5.74) is 5.32. The van der Waals surface area contributed by atoms with Gasteiger partial charge < -0.3 is 15.2 Å². The number of fused-ring (bicyclic) bond motifs is 1. The Morgan fingerprint density at radius 1 is 1.08 bits per heavy atom. The standard InChI is InChI=1S/C27H31N7O2S/c1-27(2,3)33-9-8-20(15-33)25(36)28-14-24(35)30-26-29-23(17-37-26)19-7-5-6-18(12-19)22-13-21-16-32(4)10-11-34(21)31-22/h5-9,12-13,15,17H,10-11,14,16H2,1-4H3,(H,28,36)(H,29,30,35). The molecule has 4 aromatic rings. The minimum atomic E-state index is -0.327. The molecule has 3 aromatic heterocycles. The lowest BCUT2D eigenvalue weighted by molar-refractivity contribution is -0.115. The number of carbonyl (C=O) groups is 2. The molecule has 10 heteroatoms. The zero-order valence-corrected chi connectivity index (χ0v) is 22.3. The molecule has 0 radical (unpaired) electrons. The Morgan fingerprint density at radius 2 is 1.86 bits per heavy atom. The lowest BCUT2D eigenvalue weighted by atomic mass is 10.1. The second-order valence-corrected chi connectivity index (χ2v) is 11.2. The van der Waals surface area contributed by atoms with E-state index in [-0.39, 0.29) is 23.9 Å². The number of hydrogen-bond acceptors (Lipinski definition) is 6. The van der Waals surface area contributed by atoms with Crippen LogP contribution in [0.5, 0.6) is 0 Å². The fourth-order valence-electron chi connectivity index (χ4n) is 4.21. The Bertz CT molecular complexity index is 1440. The number of nitrogens with one attached hydrogen (secondary N) is 2. The minimum absolute atomic E-state index is 0.118. The van der Waals surface area contributed by atoms with E-state index in [0.717, 1.165) is 42.1 Å². The van der Waals surface area contributed by atoms with E-state index in [4.69, 9.17) is 5.10 Å². The van der Waals surface area contributed by atoms with Crippen LogP contribution in [0.15, 0.2) is 54.2 Å². The zero-order valence-electron chi connectivity index (χ0n) is 21.5. The molecule has 1 aliphatic heterocycles. The molecule has 2 amide bonds. The summed E-state index contributed by atoms with van der Waals surface area (Å²) < 4.78 is 4.05. The van der Waals surface area contributed by atoms with Gasteiger partial charge in [-0.2, -0.15) is 5.10 Å². The minimum Gasteiger partial charge on any atom is -0.348 e. The Labute approximate surface area is 220 Å². The van der Waals surface area contributed by atoms with Crippen LogP contribution >= 0.6 is 11.3 Å². The molecule has 0 fully saturated rings. The van der Waals surface area contributed by atoms with Crippen LogP contribution < -0.4 is 10.6 Å². The number of nitrogens with zero attached hydrogens (tertiary/aromatic N) is 5. The second kappa shape index (κ2) is 9.95. The topological polar surface area (TPSA) is 97.1 Å². The summed E-state index contributed by atoms with van der Waals surface area (Å²) >= 11 is 1.35. The summed E-state index contributed by atoms with van der Waals surface area (Å²) in [6, 6.07) is 12.0. The van der Waals surface area contributed by atoms with E-state index in [9.17, 15) is 9.59 Å². The van der Waals surface area contributed by atoms with Crippen molar-refractivity contribution in [2.24, 2.45) is 0 Å². The van der Waals surface area contributed by atoms with E-state index in [1.54, 1.807) is 12.3 Å². The highest BCUT2D eigenvalue weighted by molar-refractivity contribution is 7.14. The van der Waals surface area contributed by atoms with Crippen molar-refractivity contribution in [2.45, 2.75) is 39.4 Å². The van der Waals surface area contributed by atoms with Gasteiger partial charge in [0.1, 0.15) is 0 Å². The molecule has 0 spiro atoms. The van der Waals surface area contributed by atoms with E-state index in [1.165, 1.54) is 17.0 Å². The van der Waals surface area contributed by atoms with Crippen LogP contribution in [0.3, 0.4) is 0 Å². The van der Waals surface area contributed by atoms with Crippen molar-refractivity contribution in [3.8, 4) is 22.5 Å². The van der Waals surface area contributed by atoms with Crippen molar-refractivity contribution < 1.29 is 9.59 Å². The zero-order chi connectivity index (χ0) is 26.2. The van der Waals surface area contributed by atoms with Crippen LogP contribution in [-0.4, -0.2) is 56.2 Å². The third kappa shape index (κ3) is 5.65. The second-order valence-electron chi connectivity index (χ2n) is 10.3. The molecule has 2 N–H and O–H groups in total. The van der Waals surface area contributed by atoms with Crippen molar-refractivity contribution in [1.29, 1.82) is 0 Å². The fraction of sp³-hybridized carbons (Fsp3) is 0.333. The Balaban J connectivity index is 1.20. The fourth-order valence-corrected chi connectivity index (χ4v) is 4.95. The van der Waals surface area contributed by atoms with E-state index in [2.05, 4.69) is 71.2 Å². The number of benzene rings is 1. The predicted octanol–water partition coefficient (Wildman–Crippen LogP) is 4.04. The SMILES string of the molecule is CN1CCn2nc(-c3cccc(-c4csc(NC(=O)CNC(=O)c5ccn(C(C)(C)C)c5)n4)c3)cc2C1. The van der Waals surface area contributed by atoms with Gasteiger partial charge in [0.25, 0.3) is 5.91 Å². The summed E-state index contributed by atoms with van der Waals surface area (Å²) in [4.78, 5) is 31.7. The molecule has 1 aliphatic rings. The van der Waals surface area contributed by atoms with Gasteiger partial charge in [-0.3, -0.25) is 19.2 Å². The van der Waals surface area contributed by atoms with Gasteiger partial charge in [0, 0.05) is 47.5 Å². The van der Waals surface area contributed by atoms with Gasteiger partial charge in [0.05, 0.1) is 35.7 Å². The Kier molecular flexibility index (Phi) is 6.70. The van der Waals surface area contributed by atoms with Crippen molar-refractivity contribution in [3.05, 3.63) is 65.4 Å². The number of amides is 2. The molecule has 4 heterocycles. The first-order valence-corrected chi connectivity index (χ1v) is 13.1. The van der Waals surface area contributed by atoms with E-state index < -0.39 is 0 Å². The van der Waals surface area contributed by atoms with Gasteiger partial charge in [0.15, 0.2) is 5.13 Å². The largest absolute Gasteiger partial charge is 0.348 e. The number of rotatable bonds is 6. The molecule has 0 aliphatic carbocycles. The maximum absolute atomic E-state index is 12.4. The van der Waals surface area contributed by atoms with Crippen LogP contribution in [0.4, 0.5) is 5.13 Å². The third-order valence-electron chi connectivity index (χ3n) is 6.33. The maximum atomic E-state index is 12.4. The molecule has 0 bridgehead atoms. The average Bonchev–Trinajstić information content (AvgIpc) is 3.61. The summed E-state index contributed by atoms with van der Waals surface area (Å²) in [5, 5.41) is 12.6. The average molecular weight is 518 g/mol. The number of anilines is 1. The van der Waals surface area contributed by atoms with Crippen LogP contribution in [0.1, 0.15) is 36.8 Å². The van der Waals surface area contributed by atoms with Gasteiger partial charge in [-0.15, -0.1) is 11.3 Å². The Morgan fingerprint density at radius 3 is 2.62 bits per heavy atom. The molecule has 0 saturated heterocycles. The molecular weight excluding hydrogens is 486 g/mol. The van der Waals surface area contributed by atoms with Crippen molar-refractivity contribution in [2.75, 3.05) is 25.5 Å². The first-order chi connectivity index (χ1) is 17.7. The van der Waals surface area contributed by atoms with Crippen LogP contribution in [-0.2, 0) is 23.4 Å². The number of likely N-dealkylation sites (N-methyl/N-ethyl adjacent to an activating group) is 1. The van der Waals surface area contributed by atoms with Crippen LogP contribution in [0.25, 0.3) is 22.5 Å². The molecule has 0 saturated carbocycles. The monoisotopic (exact) mass is 517 g/mol. The summed E-state index contributed by atoms with van der Waals surface area (Å²) in [6.07, 6.45) is 3.65. The molecule has 0 unspecified atom stereocenters. The highest BCUT2D eigenvalue weighted by Crippen LogP contribution is 2.29. The third-order valence-corrected chi connectivity index (χ3v) is 7.09. The predicted molar refractivity (Wildman–Crippen MR) is 145 cm³/mol. The van der Waals surface area contributed by atoms with Crippen LogP contribution in [0.2, 0.25) is 0 Å². The van der Waals surface area contributed by atoms with Crippen molar-refractivity contribution in [3.63, 3.8) is 0 Å². The highest BCUT2D eigenvalue weighted by atomic mass is 32.1. The number of hydrogen-bond donors (Lipinski definition) is 2. The summed E-state index contributed by atoms with van der Waals surface area (Å²) in [7, 11) is 2.12. The van der Waals surface area contributed by atoms with E-state index >= 15 is 0 Å². The maximum Gasteiger partial charge on any atom is 0.253 e. The molecule has 0 atom stereocenters. The number of aromatic nitrogens is 4. The molecule has 192 valence electrons. The number of thiazole rings is 1. The molecule has 37 heavy (non-hydrogen) atoms. The van der Waals surface area contributed by atoms with E-state index in [1.807, 2.05) is 28.3 Å². The van der Waals surface area contributed by atoms with Crippen molar-refractivity contribution >= 4 is 28.3 Å². The quantitative estimate of drug-likeness (QED) is 0.402. The molecule has 9 nitrogen and oxygen atoms in total. The first-order valence-electron chi connectivity index (χ1n) is 12.2. The summed E-state index contributed by atoms with van der Waals surface area (Å²) in [5.74, 6) is -0.616. The van der Waals surface area contributed by atoms with Gasteiger partial charge in [-0.1, -0.05) is 18.2 Å². The lowest BCUT2D eigenvalue weighted by Crippen LogP contribution is -2.32. The van der Waals surface area contributed by atoms with Gasteiger partial charge in [-0.25, -0.2) is 4.98 Å². The normalized spacial score (nSPS) is 13.8. The highest BCUT2D eigenvalue weighted by Gasteiger charge is 2.18. The lowest BCUT2D eigenvalue weighted by Gasteiger charge is -2.22.